The number of aromatic nitrogens is 2. The summed E-state index contributed by atoms with van der Waals surface area (Å²) in [4.78, 5) is 20.4. The van der Waals surface area contributed by atoms with E-state index >= 15 is 0 Å². The molecule has 0 aliphatic rings. The molecular formula is C12H12BrF2N3O. The number of nitrogens with zero attached hydrogens (tertiary/aromatic N) is 2. The van der Waals surface area contributed by atoms with Crippen LogP contribution in [0.4, 0.5) is 8.78 Å². The van der Waals surface area contributed by atoms with Gasteiger partial charge in [-0.3, -0.25) is 4.79 Å². The Hall–Kier alpha value is -1.50. The van der Waals surface area contributed by atoms with E-state index in [1.807, 2.05) is 0 Å². The Balaban J connectivity index is 2.42. The summed E-state index contributed by atoms with van der Waals surface area (Å²) in [6, 6.07) is 3.38. The van der Waals surface area contributed by atoms with Crippen LogP contribution in [0.3, 0.4) is 0 Å². The van der Waals surface area contributed by atoms with Crippen molar-refractivity contribution >= 4 is 32.9 Å². The molecule has 1 amide bonds. The molecule has 1 N–H and O–H groups in total. The van der Waals surface area contributed by atoms with Gasteiger partial charge in [0.1, 0.15) is 5.52 Å². The first-order valence-electron chi connectivity index (χ1n) is 5.73. The van der Waals surface area contributed by atoms with Gasteiger partial charge in [-0.25, -0.2) is 13.8 Å². The van der Waals surface area contributed by atoms with Gasteiger partial charge in [0, 0.05) is 11.0 Å². The molecule has 0 fully saturated rings. The Labute approximate surface area is 116 Å². The highest BCUT2D eigenvalue weighted by Crippen LogP contribution is 2.23. The summed E-state index contributed by atoms with van der Waals surface area (Å²) in [5.74, 6) is -0.443. The summed E-state index contributed by atoms with van der Waals surface area (Å²) in [6.45, 7) is 1.31. The van der Waals surface area contributed by atoms with Crippen LogP contribution in [0, 0.1) is 0 Å². The smallest absolute Gasteiger partial charge is 0.256 e. The van der Waals surface area contributed by atoms with Crippen molar-refractivity contribution < 1.29 is 13.6 Å². The minimum atomic E-state index is -2.55. The van der Waals surface area contributed by atoms with Gasteiger partial charge in [0.05, 0.1) is 24.0 Å². The molecule has 2 rings (SSSR count). The fourth-order valence-electron chi connectivity index (χ4n) is 1.87. The quantitative estimate of drug-likeness (QED) is 0.936. The number of nitrogens with one attached hydrogen (secondary N) is 1. The third-order valence-corrected chi connectivity index (χ3v) is 3.20. The molecule has 0 saturated heterocycles. The second-order valence-corrected chi connectivity index (χ2v) is 4.90. The van der Waals surface area contributed by atoms with Gasteiger partial charge >= 0.3 is 0 Å². The minimum Gasteiger partial charge on any atom is -0.345 e. The van der Waals surface area contributed by atoms with Crippen LogP contribution in [0.2, 0.25) is 0 Å². The van der Waals surface area contributed by atoms with Gasteiger partial charge in [-0.05, 0) is 19.1 Å². The molecule has 0 aliphatic carbocycles. The van der Waals surface area contributed by atoms with Crippen LogP contribution in [0.5, 0.6) is 0 Å². The van der Waals surface area contributed by atoms with Gasteiger partial charge in [0.15, 0.2) is 0 Å². The lowest BCUT2D eigenvalue weighted by Crippen LogP contribution is -2.35. The number of rotatable bonds is 4. The van der Waals surface area contributed by atoms with Crippen molar-refractivity contribution in [3.8, 4) is 0 Å². The second kappa shape index (κ2) is 5.64. The number of alkyl halides is 2. The van der Waals surface area contributed by atoms with Crippen LogP contribution in [0.1, 0.15) is 17.3 Å². The molecule has 1 heterocycles. The predicted molar refractivity (Wildman–Crippen MR) is 71.4 cm³/mol. The summed E-state index contributed by atoms with van der Waals surface area (Å²) in [5, 5.41) is 0. The molecule has 0 aliphatic heterocycles. The number of hydrogen-bond donors (Lipinski definition) is 1. The first kappa shape index (κ1) is 13.9. The predicted octanol–water partition coefficient (Wildman–Crippen LogP) is 3.05. The normalized spacial score (nSPS) is 11.2. The van der Waals surface area contributed by atoms with E-state index in [1.54, 1.807) is 19.1 Å². The molecule has 4 nitrogen and oxygen atoms in total. The Morgan fingerprint density at radius 1 is 1.53 bits per heavy atom. The van der Waals surface area contributed by atoms with E-state index in [0.717, 1.165) is 4.90 Å². The Morgan fingerprint density at radius 3 is 2.89 bits per heavy atom. The van der Waals surface area contributed by atoms with Gasteiger partial charge < -0.3 is 9.88 Å². The van der Waals surface area contributed by atoms with Crippen LogP contribution >= 0.6 is 15.9 Å². The summed E-state index contributed by atoms with van der Waals surface area (Å²) in [7, 11) is 0. The Morgan fingerprint density at radius 2 is 2.26 bits per heavy atom. The zero-order chi connectivity index (χ0) is 14.0. The topological polar surface area (TPSA) is 49.0 Å². The van der Waals surface area contributed by atoms with E-state index in [2.05, 4.69) is 25.9 Å². The number of H-pyrrole nitrogens is 1. The lowest BCUT2D eigenvalue weighted by Gasteiger charge is -2.20. The fourth-order valence-corrected chi connectivity index (χ4v) is 2.33. The van der Waals surface area contributed by atoms with Crippen LogP contribution < -0.4 is 0 Å². The number of fused-ring (bicyclic) bond motifs is 1. The summed E-state index contributed by atoms with van der Waals surface area (Å²) < 4.78 is 25.6. The van der Waals surface area contributed by atoms with E-state index in [1.165, 1.54) is 6.33 Å². The zero-order valence-electron chi connectivity index (χ0n) is 10.2. The highest BCUT2D eigenvalue weighted by molar-refractivity contribution is 9.10. The molecule has 0 unspecified atom stereocenters. The summed E-state index contributed by atoms with van der Waals surface area (Å²) >= 11 is 3.29. The Kier molecular flexibility index (Phi) is 4.14. The molecule has 1 aromatic heterocycles. The average Bonchev–Trinajstić information content (AvgIpc) is 2.81. The lowest BCUT2D eigenvalue weighted by atomic mass is 10.1. The zero-order valence-corrected chi connectivity index (χ0v) is 11.7. The number of carbonyl (C=O) groups is 1. The van der Waals surface area contributed by atoms with E-state index in [0.29, 0.717) is 21.1 Å². The monoisotopic (exact) mass is 331 g/mol. The molecule has 7 heteroatoms. The SMILES string of the molecule is CCN(CC(F)F)C(=O)c1cc(Br)cc2[nH]cnc12. The summed E-state index contributed by atoms with van der Waals surface area (Å²) in [5.41, 5.74) is 1.49. The van der Waals surface area contributed by atoms with Crippen LogP contribution in [-0.4, -0.2) is 40.3 Å². The lowest BCUT2D eigenvalue weighted by molar-refractivity contribution is 0.0570. The molecule has 0 saturated carbocycles. The van der Waals surface area contributed by atoms with Gasteiger partial charge in [-0.1, -0.05) is 15.9 Å². The summed E-state index contributed by atoms with van der Waals surface area (Å²) in [6.07, 6.45) is -1.08. The largest absolute Gasteiger partial charge is 0.345 e. The van der Waals surface area contributed by atoms with Crippen LogP contribution in [0.15, 0.2) is 22.9 Å². The number of aromatic amines is 1. The Bertz CT molecular complexity index is 600. The van der Waals surface area contributed by atoms with Crippen LogP contribution in [0.25, 0.3) is 11.0 Å². The van der Waals surface area contributed by atoms with E-state index < -0.39 is 18.9 Å². The highest BCUT2D eigenvalue weighted by Gasteiger charge is 2.21. The van der Waals surface area contributed by atoms with Gasteiger partial charge in [0.25, 0.3) is 12.3 Å². The third kappa shape index (κ3) is 2.91. The standard InChI is InChI=1S/C12H12BrF2N3O/c1-2-18(5-10(14)15)12(19)8-3-7(13)4-9-11(8)17-6-16-9/h3-4,6,10H,2,5H2,1H3,(H,16,17). The minimum absolute atomic E-state index is 0.224. The van der Waals surface area contributed by atoms with Crippen molar-refractivity contribution in [1.29, 1.82) is 0 Å². The maximum absolute atomic E-state index is 12.5. The number of imidazole rings is 1. The van der Waals surface area contributed by atoms with Crippen molar-refractivity contribution in [3.63, 3.8) is 0 Å². The molecule has 102 valence electrons. The fraction of sp³-hybridized carbons (Fsp3) is 0.333. The van der Waals surface area contributed by atoms with E-state index in [9.17, 15) is 13.6 Å². The molecule has 2 aromatic rings. The molecule has 19 heavy (non-hydrogen) atoms. The number of benzene rings is 1. The highest BCUT2D eigenvalue weighted by atomic mass is 79.9. The van der Waals surface area contributed by atoms with Crippen molar-refractivity contribution in [1.82, 2.24) is 14.9 Å². The number of halogens is 3. The first-order chi connectivity index (χ1) is 9.02. The molecule has 0 atom stereocenters. The third-order valence-electron chi connectivity index (χ3n) is 2.75. The second-order valence-electron chi connectivity index (χ2n) is 3.99. The number of amides is 1. The molecular weight excluding hydrogens is 320 g/mol. The van der Waals surface area contributed by atoms with Crippen molar-refractivity contribution in [3.05, 3.63) is 28.5 Å². The average molecular weight is 332 g/mol. The van der Waals surface area contributed by atoms with Crippen molar-refractivity contribution in [2.24, 2.45) is 0 Å². The van der Waals surface area contributed by atoms with Gasteiger partial charge in [0.2, 0.25) is 0 Å². The number of hydrogen-bond acceptors (Lipinski definition) is 2. The van der Waals surface area contributed by atoms with E-state index in [-0.39, 0.29) is 6.54 Å². The van der Waals surface area contributed by atoms with Crippen molar-refractivity contribution in [2.75, 3.05) is 13.1 Å². The number of carbonyl (C=O) groups excluding carboxylic acids is 1. The molecule has 1 aromatic carbocycles. The van der Waals surface area contributed by atoms with E-state index in [4.69, 9.17) is 0 Å². The molecule has 0 spiro atoms. The van der Waals surface area contributed by atoms with Gasteiger partial charge in [-0.2, -0.15) is 0 Å². The molecule has 0 radical (unpaired) electrons. The first-order valence-corrected chi connectivity index (χ1v) is 6.52. The van der Waals surface area contributed by atoms with Crippen molar-refractivity contribution in [2.45, 2.75) is 13.3 Å². The maximum Gasteiger partial charge on any atom is 0.256 e. The maximum atomic E-state index is 12.5. The van der Waals surface area contributed by atoms with Crippen LogP contribution in [-0.2, 0) is 0 Å². The van der Waals surface area contributed by atoms with Gasteiger partial charge in [-0.15, -0.1) is 0 Å². The molecule has 0 bridgehead atoms.